The zero-order chi connectivity index (χ0) is 18.0. The van der Waals surface area contributed by atoms with E-state index in [9.17, 15) is 14.9 Å². The lowest BCUT2D eigenvalue weighted by Crippen LogP contribution is -2.13. The van der Waals surface area contributed by atoms with Crippen molar-refractivity contribution < 1.29 is 14.5 Å². The standard InChI is InChI=1S/C19H16N2O4/c1-3-16-12(2)18(15-9-4-5-10-17(15)20-16)19(22)25-14-8-6-7-13(11-14)21(23)24/h4-11H,3H2,1-2H3. The van der Waals surface area contributed by atoms with E-state index >= 15 is 0 Å². The SMILES string of the molecule is CCc1nc2ccccc2c(C(=O)Oc2cccc([N+](=O)[O-])c2)c1C. The number of pyridine rings is 1. The van der Waals surface area contributed by atoms with Crippen LogP contribution in [0.2, 0.25) is 0 Å². The first-order valence-electron chi connectivity index (χ1n) is 7.86. The molecule has 25 heavy (non-hydrogen) atoms. The Balaban J connectivity index is 2.06. The molecule has 0 radical (unpaired) electrons. The molecule has 0 aliphatic carbocycles. The summed E-state index contributed by atoms with van der Waals surface area (Å²) in [6.07, 6.45) is 0.688. The predicted molar refractivity (Wildman–Crippen MR) is 93.9 cm³/mol. The van der Waals surface area contributed by atoms with Crippen molar-refractivity contribution in [1.82, 2.24) is 4.98 Å². The van der Waals surface area contributed by atoms with E-state index in [1.807, 2.05) is 38.1 Å². The Hall–Kier alpha value is -3.28. The van der Waals surface area contributed by atoms with E-state index in [0.717, 1.165) is 16.8 Å². The lowest BCUT2D eigenvalue weighted by atomic mass is 10.0. The zero-order valence-electron chi connectivity index (χ0n) is 13.9. The minimum absolute atomic E-state index is 0.129. The quantitative estimate of drug-likeness (QED) is 0.308. The molecule has 6 nitrogen and oxygen atoms in total. The first kappa shape index (κ1) is 16.6. The van der Waals surface area contributed by atoms with Crippen LogP contribution in [0.5, 0.6) is 5.75 Å². The first-order chi connectivity index (χ1) is 12.0. The summed E-state index contributed by atoms with van der Waals surface area (Å²) in [5.41, 5.74) is 2.61. The van der Waals surface area contributed by atoms with E-state index < -0.39 is 10.9 Å². The van der Waals surface area contributed by atoms with Gasteiger partial charge in [0, 0.05) is 17.1 Å². The molecule has 3 rings (SSSR count). The Morgan fingerprint density at radius 2 is 1.96 bits per heavy atom. The van der Waals surface area contributed by atoms with Gasteiger partial charge < -0.3 is 4.74 Å². The molecule has 3 aromatic rings. The van der Waals surface area contributed by atoms with Gasteiger partial charge in [-0.1, -0.05) is 31.2 Å². The molecular formula is C19H16N2O4. The number of non-ortho nitro benzene ring substituents is 1. The first-order valence-corrected chi connectivity index (χ1v) is 7.86. The van der Waals surface area contributed by atoms with Crippen LogP contribution in [0.15, 0.2) is 48.5 Å². The molecule has 0 bridgehead atoms. The summed E-state index contributed by atoms with van der Waals surface area (Å²) in [5.74, 6) is -0.413. The Morgan fingerprint density at radius 3 is 2.68 bits per heavy atom. The number of hydrogen-bond donors (Lipinski definition) is 0. The summed E-state index contributed by atoms with van der Waals surface area (Å²) >= 11 is 0. The van der Waals surface area contributed by atoms with E-state index in [1.165, 1.54) is 24.3 Å². The van der Waals surface area contributed by atoms with E-state index in [4.69, 9.17) is 4.74 Å². The fourth-order valence-electron chi connectivity index (χ4n) is 2.78. The van der Waals surface area contributed by atoms with Crippen LogP contribution in [-0.4, -0.2) is 15.9 Å². The number of aromatic nitrogens is 1. The highest BCUT2D eigenvalue weighted by Gasteiger charge is 2.20. The number of fused-ring (bicyclic) bond motifs is 1. The molecule has 1 aromatic heterocycles. The maximum atomic E-state index is 12.8. The maximum Gasteiger partial charge on any atom is 0.344 e. The maximum absolute atomic E-state index is 12.8. The van der Waals surface area contributed by atoms with Crippen LogP contribution in [0.1, 0.15) is 28.5 Å². The van der Waals surface area contributed by atoms with Crippen LogP contribution >= 0.6 is 0 Å². The van der Waals surface area contributed by atoms with E-state index in [0.29, 0.717) is 17.4 Å². The number of aryl methyl sites for hydroxylation is 1. The third-order valence-electron chi connectivity index (χ3n) is 4.01. The van der Waals surface area contributed by atoms with E-state index in [1.54, 1.807) is 0 Å². The van der Waals surface area contributed by atoms with Gasteiger partial charge in [0.15, 0.2) is 0 Å². The molecule has 0 atom stereocenters. The lowest BCUT2D eigenvalue weighted by molar-refractivity contribution is -0.384. The summed E-state index contributed by atoms with van der Waals surface area (Å²) in [7, 11) is 0. The number of carbonyl (C=O) groups excluding carboxylic acids is 1. The average molecular weight is 336 g/mol. The van der Waals surface area contributed by atoms with Crippen molar-refractivity contribution in [3.8, 4) is 5.75 Å². The lowest BCUT2D eigenvalue weighted by Gasteiger charge is -2.13. The molecule has 0 spiro atoms. The molecule has 0 unspecified atom stereocenters. The van der Waals surface area contributed by atoms with Crippen LogP contribution in [0.25, 0.3) is 10.9 Å². The van der Waals surface area contributed by atoms with Crippen LogP contribution in [0.3, 0.4) is 0 Å². The number of nitro groups is 1. The number of hydrogen-bond acceptors (Lipinski definition) is 5. The van der Waals surface area contributed by atoms with Gasteiger partial charge in [0.2, 0.25) is 0 Å². The topological polar surface area (TPSA) is 82.3 Å². The number of esters is 1. The number of nitrogens with zero attached hydrogens (tertiary/aromatic N) is 2. The molecule has 0 amide bonds. The van der Waals surface area contributed by atoms with Crippen molar-refractivity contribution >= 4 is 22.6 Å². The van der Waals surface area contributed by atoms with Crippen LogP contribution in [-0.2, 0) is 6.42 Å². The molecule has 1 heterocycles. The Labute approximate surface area is 144 Å². The van der Waals surface area contributed by atoms with Crippen LogP contribution in [0.4, 0.5) is 5.69 Å². The summed E-state index contributed by atoms with van der Waals surface area (Å²) in [6.45, 7) is 3.81. The smallest absolute Gasteiger partial charge is 0.344 e. The van der Waals surface area contributed by atoms with Crippen molar-refractivity contribution in [3.05, 3.63) is 75.5 Å². The summed E-state index contributed by atoms with van der Waals surface area (Å²) < 4.78 is 5.41. The second kappa shape index (κ2) is 6.68. The molecule has 0 fully saturated rings. The van der Waals surface area contributed by atoms with Crippen molar-refractivity contribution in [3.63, 3.8) is 0 Å². The van der Waals surface area contributed by atoms with Gasteiger partial charge in [-0.3, -0.25) is 15.1 Å². The number of carbonyl (C=O) groups is 1. The van der Waals surface area contributed by atoms with E-state index in [2.05, 4.69) is 4.98 Å². The third kappa shape index (κ3) is 3.19. The monoisotopic (exact) mass is 336 g/mol. The van der Waals surface area contributed by atoms with Crippen LogP contribution in [0, 0.1) is 17.0 Å². The van der Waals surface area contributed by atoms with Crippen molar-refractivity contribution in [2.75, 3.05) is 0 Å². The van der Waals surface area contributed by atoms with Gasteiger partial charge in [0.05, 0.1) is 22.1 Å². The molecule has 0 aliphatic rings. The van der Waals surface area contributed by atoms with Gasteiger partial charge in [-0.15, -0.1) is 0 Å². The molecule has 126 valence electrons. The normalized spacial score (nSPS) is 10.6. The fourth-order valence-corrected chi connectivity index (χ4v) is 2.78. The van der Waals surface area contributed by atoms with Crippen LogP contribution < -0.4 is 4.74 Å². The van der Waals surface area contributed by atoms with Gasteiger partial charge in [0.1, 0.15) is 5.75 Å². The van der Waals surface area contributed by atoms with Gasteiger partial charge in [0.25, 0.3) is 5.69 Å². The molecular weight excluding hydrogens is 320 g/mol. The van der Waals surface area contributed by atoms with E-state index in [-0.39, 0.29) is 11.4 Å². The Kier molecular flexibility index (Phi) is 4.43. The fraction of sp³-hybridized carbons (Fsp3) is 0.158. The zero-order valence-corrected chi connectivity index (χ0v) is 13.9. The number of benzene rings is 2. The molecule has 0 saturated carbocycles. The molecule has 0 saturated heterocycles. The highest BCUT2D eigenvalue weighted by molar-refractivity contribution is 6.05. The minimum atomic E-state index is -0.550. The second-order valence-corrected chi connectivity index (χ2v) is 5.57. The molecule has 0 aliphatic heterocycles. The van der Waals surface area contributed by atoms with Crippen molar-refractivity contribution in [2.24, 2.45) is 0 Å². The van der Waals surface area contributed by atoms with Gasteiger partial charge in [-0.25, -0.2) is 4.79 Å². The summed E-state index contributed by atoms with van der Waals surface area (Å²) in [6, 6.07) is 12.9. The predicted octanol–water partition coefficient (Wildman–Crippen LogP) is 4.23. The Bertz CT molecular complexity index is 982. The van der Waals surface area contributed by atoms with Gasteiger partial charge in [-0.05, 0) is 31.0 Å². The number of para-hydroxylation sites is 1. The Morgan fingerprint density at radius 1 is 1.20 bits per heavy atom. The highest BCUT2D eigenvalue weighted by Crippen LogP contribution is 2.26. The van der Waals surface area contributed by atoms with Gasteiger partial charge >= 0.3 is 5.97 Å². The second-order valence-electron chi connectivity index (χ2n) is 5.57. The molecule has 6 heteroatoms. The summed E-state index contributed by atoms with van der Waals surface area (Å²) in [4.78, 5) is 27.7. The number of rotatable bonds is 4. The third-order valence-corrected chi connectivity index (χ3v) is 4.01. The van der Waals surface area contributed by atoms with Crippen molar-refractivity contribution in [2.45, 2.75) is 20.3 Å². The van der Waals surface area contributed by atoms with Gasteiger partial charge in [-0.2, -0.15) is 0 Å². The average Bonchev–Trinajstić information content (AvgIpc) is 2.61. The number of ether oxygens (including phenoxy) is 1. The van der Waals surface area contributed by atoms with Crippen molar-refractivity contribution in [1.29, 1.82) is 0 Å². The highest BCUT2D eigenvalue weighted by atomic mass is 16.6. The number of nitro benzene ring substituents is 1. The largest absolute Gasteiger partial charge is 0.423 e. The molecule has 0 N–H and O–H groups in total. The summed E-state index contributed by atoms with van der Waals surface area (Å²) in [5, 5.41) is 11.6. The molecule has 2 aromatic carbocycles. The minimum Gasteiger partial charge on any atom is -0.423 e.